The highest BCUT2D eigenvalue weighted by Gasteiger charge is 2.10. The highest BCUT2D eigenvalue weighted by molar-refractivity contribution is 5.36. The predicted octanol–water partition coefficient (Wildman–Crippen LogP) is 1.06. The van der Waals surface area contributed by atoms with Gasteiger partial charge in [-0.2, -0.15) is 5.26 Å². The highest BCUT2D eigenvalue weighted by Crippen LogP contribution is 2.13. The van der Waals surface area contributed by atoms with Crippen molar-refractivity contribution in [2.24, 2.45) is 0 Å². The van der Waals surface area contributed by atoms with E-state index < -0.39 is 0 Å². The number of benzene rings is 1. The Kier molecular flexibility index (Phi) is 5.19. The van der Waals surface area contributed by atoms with E-state index in [1.807, 2.05) is 16.9 Å². The lowest BCUT2D eigenvalue weighted by Gasteiger charge is -2.26. The van der Waals surface area contributed by atoms with Crippen molar-refractivity contribution in [3.63, 3.8) is 0 Å². The van der Waals surface area contributed by atoms with Gasteiger partial charge in [0.15, 0.2) is 0 Å². The molecule has 0 unspecified atom stereocenters. The van der Waals surface area contributed by atoms with E-state index in [4.69, 9.17) is 14.7 Å². The zero-order chi connectivity index (χ0) is 15.9. The Bertz CT molecular complexity index is 673. The van der Waals surface area contributed by atoms with Gasteiger partial charge in [-0.3, -0.25) is 9.58 Å². The van der Waals surface area contributed by atoms with E-state index in [1.165, 1.54) is 0 Å². The highest BCUT2D eigenvalue weighted by atomic mass is 16.5. The monoisotopic (exact) mass is 313 g/mol. The van der Waals surface area contributed by atoms with Crippen molar-refractivity contribution < 1.29 is 9.47 Å². The fraction of sp³-hybridized carbons (Fsp3) is 0.438. The van der Waals surface area contributed by atoms with Crippen LogP contribution in [0.4, 0.5) is 0 Å². The molecule has 1 aliphatic heterocycles. The molecule has 7 heteroatoms. The molecule has 0 bridgehead atoms. The third-order valence-corrected chi connectivity index (χ3v) is 3.68. The molecular formula is C16H19N5O2. The summed E-state index contributed by atoms with van der Waals surface area (Å²) in [6.07, 6.45) is 1.90. The van der Waals surface area contributed by atoms with Crippen LogP contribution in [0.3, 0.4) is 0 Å². The van der Waals surface area contributed by atoms with Crippen molar-refractivity contribution >= 4 is 0 Å². The number of rotatable bonds is 6. The van der Waals surface area contributed by atoms with Crippen LogP contribution in [-0.2, 0) is 17.9 Å². The summed E-state index contributed by atoms with van der Waals surface area (Å²) in [5.41, 5.74) is 1.35. The van der Waals surface area contributed by atoms with Crippen LogP contribution < -0.4 is 4.74 Å². The normalized spacial score (nSPS) is 15.3. The van der Waals surface area contributed by atoms with E-state index in [1.54, 1.807) is 18.2 Å². The van der Waals surface area contributed by atoms with Crippen molar-refractivity contribution in [2.75, 3.05) is 32.8 Å². The molecule has 1 aromatic heterocycles. The van der Waals surface area contributed by atoms with Crippen LogP contribution in [0.1, 0.15) is 11.3 Å². The number of nitriles is 1. The third-order valence-electron chi connectivity index (χ3n) is 3.68. The largest absolute Gasteiger partial charge is 0.487 e. The molecular weight excluding hydrogens is 294 g/mol. The van der Waals surface area contributed by atoms with Crippen molar-refractivity contribution in [2.45, 2.75) is 13.2 Å². The van der Waals surface area contributed by atoms with Crippen molar-refractivity contribution in [1.29, 1.82) is 5.26 Å². The Morgan fingerprint density at radius 3 is 2.96 bits per heavy atom. The first-order chi connectivity index (χ1) is 11.3. The molecule has 23 heavy (non-hydrogen) atoms. The Balaban J connectivity index is 1.48. The van der Waals surface area contributed by atoms with Gasteiger partial charge in [0.25, 0.3) is 0 Å². The fourth-order valence-electron chi connectivity index (χ4n) is 2.40. The molecule has 1 aromatic carbocycles. The van der Waals surface area contributed by atoms with E-state index in [0.717, 1.165) is 45.1 Å². The summed E-state index contributed by atoms with van der Waals surface area (Å²) in [7, 11) is 0. The molecule has 2 heterocycles. The summed E-state index contributed by atoms with van der Waals surface area (Å²) in [5.74, 6) is 0.659. The van der Waals surface area contributed by atoms with Crippen LogP contribution in [0.15, 0.2) is 30.5 Å². The number of aromatic nitrogens is 3. The fourth-order valence-corrected chi connectivity index (χ4v) is 2.40. The average molecular weight is 313 g/mol. The van der Waals surface area contributed by atoms with E-state index >= 15 is 0 Å². The Morgan fingerprint density at radius 2 is 2.13 bits per heavy atom. The molecule has 0 radical (unpaired) electrons. The summed E-state index contributed by atoms with van der Waals surface area (Å²) >= 11 is 0. The zero-order valence-corrected chi connectivity index (χ0v) is 12.9. The maximum atomic E-state index is 8.87. The van der Waals surface area contributed by atoms with Crippen molar-refractivity contribution in [3.05, 3.63) is 41.7 Å². The third kappa shape index (κ3) is 4.52. The lowest BCUT2D eigenvalue weighted by atomic mass is 10.2. The quantitative estimate of drug-likeness (QED) is 0.794. The predicted molar refractivity (Wildman–Crippen MR) is 82.8 cm³/mol. The van der Waals surface area contributed by atoms with Gasteiger partial charge in [0.1, 0.15) is 18.1 Å². The van der Waals surface area contributed by atoms with Crippen LogP contribution in [0.2, 0.25) is 0 Å². The van der Waals surface area contributed by atoms with Gasteiger partial charge in [-0.15, -0.1) is 5.10 Å². The summed E-state index contributed by atoms with van der Waals surface area (Å²) in [6, 6.07) is 9.17. The first-order valence-corrected chi connectivity index (χ1v) is 7.65. The molecule has 1 fully saturated rings. The number of nitrogens with zero attached hydrogens (tertiary/aromatic N) is 5. The zero-order valence-electron chi connectivity index (χ0n) is 12.9. The summed E-state index contributed by atoms with van der Waals surface area (Å²) < 4.78 is 12.8. The second-order valence-electron chi connectivity index (χ2n) is 5.36. The second-order valence-corrected chi connectivity index (χ2v) is 5.36. The van der Waals surface area contributed by atoms with E-state index in [9.17, 15) is 0 Å². The smallest absolute Gasteiger partial charge is 0.134 e. The molecule has 120 valence electrons. The van der Waals surface area contributed by atoms with Gasteiger partial charge in [0.2, 0.25) is 0 Å². The molecule has 2 aromatic rings. The van der Waals surface area contributed by atoms with Crippen LogP contribution in [0.5, 0.6) is 5.75 Å². The van der Waals surface area contributed by atoms with Crippen LogP contribution in [0, 0.1) is 11.3 Å². The molecule has 0 amide bonds. The molecule has 1 aliphatic rings. The molecule has 0 atom stereocenters. The van der Waals surface area contributed by atoms with Gasteiger partial charge < -0.3 is 9.47 Å². The number of ether oxygens (including phenoxy) is 2. The molecule has 7 nitrogen and oxygen atoms in total. The van der Waals surface area contributed by atoms with E-state index in [0.29, 0.717) is 17.9 Å². The van der Waals surface area contributed by atoms with Gasteiger partial charge in [-0.25, -0.2) is 0 Å². The molecule has 0 spiro atoms. The molecule has 0 aliphatic carbocycles. The van der Waals surface area contributed by atoms with Gasteiger partial charge in [-0.05, 0) is 18.2 Å². The second kappa shape index (κ2) is 7.72. The Morgan fingerprint density at radius 1 is 1.26 bits per heavy atom. The SMILES string of the molecule is N#Cc1cccc(OCc2cn(CCN3CCOCC3)nn2)c1. The minimum Gasteiger partial charge on any atom is -0.487 e. The van der Waals surface area contributed by atoms with Crippen molar-refractivity contribution in [3.8, 4) is 11.8 Å². The Labute approximate surface area is 135 Å². The van der Waals surface area contributed by atoms with E-state index in [-0.39, 0.29) is 0 Å². The number of hydrogen-bond acceptors (Lipinski definition) is 6. The molecule has 0 N–H and O–H groups in total. The van der Waals surface area contributed by atoms with Crippen LogP contribution in [0.25, 0.3) is 0 Å². The number of morpholine rings is 1. The summed E-state index contributed by atoms with van der Waals surface area (Å²) in [6.45, 7) is 5.64. The topological polar surface area (TPSA) is 76.2 Å². The lowest BCUT2D eigenvalue weighted by Crippen LogP contribution is -2.38. The summed E-state index contributed by atoms with van der Waals surface area (Å²) in [5, 5.41) is 17.1. The average Bonchev–Trinajstić information content (AvgIpc) is 3.07. The van der Waals surface area contributed by atoms with Crippen LogP contribution in [-0.4, -0.2) is 52.7 Å². The Hall–Kier alpha value is -2.43. The van der Waals surface area contributed by atoms with Crippen molar-refractivity contribution in [1.82, 2.24) is 19.9 Å². The minimum atomic E-state index is 0.340. The van der Waals surface area contributed by atoms with Gasteiger partial charge in [0.05, 0.1) is 37.6 Å². The maximum absolute atomic E-state index is 8.87. The van der Waals surface area contributed by atoms with E-state index in [2.05, 4.69) is 21.3 Å². The molecule has 0 saturated carbocycles. The first kappa shape index (κ1) is 15.5. The minimum absolute atomic E-state index is 0.340. The number of hydrogen-bond donors (Lipinski definition) is 0. The molecule has 1 saturated heterocycles. The standard InChI is InChI=1S/C16H19N5O2/c17-11-14-2-1-3-16(10-14)23-13-15-12-21(19-18-15)5-4-20-6-8-22-9-7-20/h1-3,10,12H,4-9,13H2. The maximum Gasteiger partial charge on any atom is 0.134 e. The lowest BCUT2D eigenvalue weighted by molar-refractivity contribution is 0.0359. The molecule has 3 rings (SSSR count). The van der Waals surface area contributed by atoms with Gasteiger partial charge in [0, 0.05) is 19.6 Å². The van der Waals surface area contributed by atoms with Gasteiger partial charge >= 0.3 is 0 Å². The van der Waals surface area contributed by atoms with Crippen LogP contribution >= 0.6 is 0 Å². The van der Waals surface area contributed by atoms with Gasteiger partial charge in [-0.1, -0.05) is 11.3 Å². The first-order valence-electron chi connectivity index (χ1n) is 7.65. The summed E-state index contributed by atoms with van der Waals surface area (Å²) in [4.78, 5) is 2.36.